The SMILES string of the molecule is Cn1nccc1Nc1nccc(-c2ccn3c(Cc4cccc(C5CC5)n4)nnc3c2)n1. The highest BCUT2D eigenvalue weighted by Crippen LogP contribution is 2.38. The van der Waals surface area contributed by atoms with Crippen LogP contribution in [0.3, 0.4) is 0 Å². The van der Waals surface area contributed by atoms with Gasteiger partial charge in [-0.1, -0.05) is 6.07 Å². The Balaban J connectivity index is 1.27. The van der Waals surface area contributed by atoms with Gasteiger partial charge in [0.1, 0.15) is 11.6 Å². The quantitative estimate of drug-likeness (QED) is 0.446. The van der Waals surface area contributed by atoms with Gasteiger partial charge < -0.3 is 5.32 Å². The number of aromatic nitrogens is 8. The molecule has 1 aliphatic rings. The summed E-state index contributed by atoms with van der Waals surface area (Å²) in [6.07, 6.45) is 8.58. The van der Waals surface area contributed by atoms with Crippen molar-refractivity contribution in [1.29, 1.82) is 0 Å². The first-order chi connectivity index (χ1) is 15.7. The van der Waals surface area contributed by atoms with Crippen molar-refractivity contribution in [1.82, 2.24) is 39.3 Å². The lowest BCUT2D eigenvalue weighted by atomic mass is 10.2. The van der Waals surface area contributed by atoms with E-state index in [4.69, 9.17) is 4.98 Å². The molecule has 0 amide bonds. The maximum absolute atomic E-state index is 4.82. The fourth-order valence-corrected chi connectivity index (χ4v) is 3.78. The zero-order valence-electron chi connectivity index (χ0n) is 17.5. The van der Waals surface area contributed by atoms with Gasteiger partial charge in [0.05, 0.1) is 18.3 Å². The maximum atomic E-state index is 4.82. The molecule has 158 valence electrons. The molecule has 9 nitrogen and oxygen atoms in total. The molecule has 0 unspecified atom stereocenters. The number of nitrogens with one attached hydrogen (secondary N) is 1. The lowest BCUT2D eigenvalue weighted by Gasteiger charge is -2.07. The van der Waals surface area contributed by atoms with E-state index in [0.717, 1.165) is 34.2 Å². The van der Waals surface area contributed by atoms with Gasteiger partial charge in [0.15, 0.2) is 5.65 Å². The smallest absolute Gasteiger partial charge is 0.228 e. The van der Waals surface area contributed by atoms with Crippen LogP contribution in [0.1, 0.15) is 36.0 Å². The van der Waals surface area contributed by atoms with E-state index in [1.807, 2.05) is 41.9 Å². The second-order valence-corrected chi connectivity index (χ2v) is 8.00. The molecule has 1 N–H and O–H groups in total. The van der Waals surface area contributed by atoms with Gasteiger partial charge in [-0.05, 0) is 43.2 Å². The minimum absolute atomic E-state index is 0.509. The summed E-state index contributed by atoms with van der Waals surface area (Å²) in [6, 6.07) is 14.0. The molecular formula is C23H21N9. The van der Waals surface area contributed by atoms with Crippen molar-refractivity contribution in [2.24, 2.45) is 7.05 Å². The Kier molecular flexibility index (Phi) is 4.38. The van der Waals surface area contributed by atoms with E-state index in [1.54, 1.807) is 17.1 Å². The Morgan fingerprint density at radius 1 is 1.03 bits per heavy atom. The third-order valence-corrected chi connectivity index (χ3v) is 5.66. The first-order valence-corrected chi connectivity index (χ1v) is 10.6. The van der Waals surface area contributed by atoms with Crippen molar-refractivity contribution in [2.45, 2.75) is 25.2 Å². The molecule has 0 atom stereocenters. The van der Waals surface area contributed by atoms with Gasteiger partial charge in [0, 0.05) is 48.4 Å². The molecule has 0 saturated heterocycles. The lowest BCUT2D eigenvalue weighted by Crippen LogP contribution is -2.03. The van der Waals surface area contributed by atoms with Crippen LogP contribution in [0.2, 0.25) is 0 Å². The Bertz CT molecular complexity index is 1410. The number of rotatable bonds is 6. The van der Waals surface area contributed by atoms with Crippen molar-refractivity contribution in [3.05, 3.63) is 78.3 Å². The van der Waals surface area contributed by atoms with Crippen LogP contribution in [0.25, 0.3) is 16.9 Å². The van der Waals surface area contributed by atoms with Crippen LogP contribution in [0, 0.1) is 0 Å². The fourth-order valence-electron chi connectivity index (χ4n) is 3.78. The van der Waals surface area contributed by atoms with Crippen molar-refractivity contribution in [3.63, 3.8) is 0 Å². The zero-order chi connectivity index (χ0) is 21.5. The molecule has 1 saturated carbocycles. The number of hydrogen-bond donors (Lipinski definition) is 1. The summed E-state index contributed by atoms with van der Waals surface area (Å²) in [5, 5.41) is 16.1. The minimum atomic E-state index is 0.509. The van der Waals surface area contributed by atoms with E-state index in [1.165, 1.54) is 18.5 Å². The predicted octanol–water partition coefficient (Wildman–Crippen LogP) is 3.53. The normalized spacial score (nSPS) is 13.5. The van der Waals surface area contributed by atoms with Crippen LogP contribution < -0.4 is 5.32 Å². The summed E-state index contributed by atoms with van der Waals surface area (Å²) < 4.78 is 3.74. The van der Waals surface area contributed by atoms with Gasteiger partial charge in [-0.3, -0.25) is 14.1 Å². The van der Waals surface area contributed by atoms with E-state index < -0.39 is 0 Å². The lowest BCUT2D eigenvalue weighted by molar-refractivity contribution is 0.775. The molecule has 1 aliphatic carbocycles. The maximum Gasteiger partial charge on any atom is 0.228 e. The van der Waals surface area contributed by atoms with Gasteiger partial charge in [-0.25, -0.2) is 9.97 Å². The molecule has 0 bridgehead atoms. The summed E-state index contributed by atoms with van der Waals surface area (Å²) in [6.45, 7) is 0. The second-order valence-electron chi connectivity index (χ2n) is 8.00. The Hall–Kier alpha value is -4.14. The van der Waals surface area contributed by atoms with E-state index in [9.17, 15) is 0 Å². The standard InChI is InChI=1S/C23H21N9/c1-31-20(8-11-25-31)28-23-24-10-7-19(27-23)16-9-12-32-21(13-16)29-30-22(32)14-17-3-2-4-18(26-17)15-5-6-15/h2-4,7-13,15H,5-6,14H2,1H3,(H,24,27,28). The number of fused-ring (bicyclic) bond motifs is 1. The fraction of sp³-hybridized carbons (Fsp3) is 0.217. The van der Waals surface area contributed by atoms with Crippen molar-refractivity contribution < 1.29 is 0 Å². The van der Waals surface area contributed by atoms with Crippen LogP contribution in [0.15, 0.2) is 61.1 Å². The topological polar surface area (TPSA) is 98.7 Å². The molecule has 1 fully saturated rings. The first kappa shape index (κ1) is 18.6. The minimum Gasteiger partial charge on any atom is -0.309 e. The van der Waals surface area contributed by atoms with Crippen LogP contribution in [0.5, 0.6) is 0 Å². The highest BCUT2D eigenvalue weighted by Gasteiger charge is 2.25. The molecule has 32 heavy (non-hydrogen) atoms. The van der Waals surface area contributed by atoms with Gasteiger partial charge in [0.2, 0.25) is 5.95 Å². The molecule has 0 spiro atoms. The van der Waals surface area contributed by atoms with Crippen LogP contribution >= 0.6 is 0 Å². The summed E-state index contributed by atoms with van der Waals surface area (Å²) in [4.78, 5) is 13.8. The van der Waals surface area contributed by atoms with Crippen molar-refractivity contribution in [3.8, 4) is 11.3 Å². The number of aryl methyl sites for hydroxylation is 1. The second kappa shape index (κ2) is 7.52. The molecular weight excluding hydrogens is 402 g/mol. The summed E-state index contributed by atoms with van der Waals surface area (Å²) >= 11 is 0. The molecule has 0 aliphatic heterocycles. The molecule has 0 radical (unpaired) electrons. The number of hydrogen-bond acceptors (Lipinski definition) is 7. The van der Waals surface area contributed by atoms with Gasteiger partial charge in [-0.15, -0.1) is 10.2 Å². The number of anilines is 2. The van der Waals surface area contributed by atoms with Gasteiger partial charge in [-0.2, -0.15) is 5.10 Å². The Morgan fingerprint density at radius 2 is 1.97 bits per heavy atom. The summed E-state index contributed by atoms with van der Waals surface area (Å²) in [7, 11) is 1.86. The zero-order valence-corrected chi connectivity index (χ0v) is 17.5. The average Bonchev–Trinajstić information content (AvgIpc) is 3.50. The highest BCUT2D eigenvalue weighted by atomic mass is 15.3. The summed E-state index contributed by atoms with van der Waals surface area (Å²) in [5.41, 5.74) is 4.74. The predicted molar refractivity (Wildman–Crippen MR) is 120 cm³/mol. The molecule has 0 aromatic carbocycles. The highest BCUT2D eigenvalue weighted by molar-refractivity contribution is 5.65. The molecule has 5 heterocycles. The van der Waals surface area contributed by atoms with Gasteiger partial charge >= 0.3 is 0 Å². The van der Waals surface area contributed by atoms with Crippen molar-refractivity contribution in [2.75, 3.05) is 5.32 Å². The van der Waals surface area contributed by atoms with E-state index in [2.05, 4.69) is 48.8 Å². The largest absolute Gasteiger partial charge is 0.309 e. The molecule has 9 heteroatoms. The Labute approximate surface area is 184 Å². The Morgan fingerprint density at radius 3 is 2.81 bits per heavy atom. The molecule has 5 aromatic rings. The number of pyridine rings is 2. The monoisotopic (exact) mass is 423 g/mol. The van der Waals surface area contributed by atoms with Crippen LogP contribution in [-0.4, -0.2) is 39.3 Å². The van der Waals surface area contributed by atoms with Gasteiger partial charge in [0.25, 0.3) is 0 Å². The third kappa shape index (κ3) is 3.58. The molecule has 5 aromatic heterocycles. The van der Waals surface area contributed by atoms with E-state index >= 15 is 0 Å². The van der Waals surface area contributed by atoms with Crippen LogP contribution in [0.4, 0.5) is 11.8 Å². The first-order valence-electron chi connectivity index (χ1n) is 10.6. The average molecular weight is 423 g/mol. The number of nitrogens with zero attached hydrogens (tertiary/aromatic N) is 8. The summed E-state index contributed by atoms with van der Waals surface area (Å²) in [5.74, 6) is 2.83. The molecule has 6 rings (SSSR count). The van der Waals surface area contributed by atoms with E-state index in [0.29, 0.717) is 18.3 Å². The van der Waals surface area contributed by atoms with Crippen molar-refractivity contribution >= 4 is 17.4 Å². The third-order valence-electron chi connectivity index (χ3n) is 5.66. The van der Waals surface area contributed by atoms with E-state index in [-0.39, 0.29) is 0 Å². The van der Waals surface area contributed by atoms with Crippen LogP contribution in [-0.2, 0) is 13.5 Å².